The Morgan fingerprint density at radius 1 is 1.16 bits per heavy atom. The van der Waals surface area contributed by atoms with Crippen LogP contribution in [0.3, 0.4) is 0 Å². The molecule has 2 aromatic carbocycles. The van der Waals surface area contributed by atoms with Gasteiger partial charge in [0.15, 0.2) is 0 Å². The normalized spacial score (nSPS) is 32.0. The molecule has 0 unspecified atom stereocenters. The fourth-order valence-corrected chi connectivity index (χ4v) is 6.89. The van der Waals surface area contributed by atoms with E-state index in [9.17, 15) is 5.11 Å². The molecule has 6 rings (SSSR count). The van der Waals surface area contributed by atoms with Crippen LogP contribution in [0.15, 0.2) is 58.6 Å². The molecule has 1 saturated carbocycles. The number of halogens is 1. The van der Waals surface area contributed by atoms with Crippen LogP contribution in [0.1, 0.15) is 43.0 Å². The first kappa shape index (κ1) is 19.8. The molecular weight excluding hydrogens is 448 g/mol. The number of aliphatic hydroxyl groups excluding tert-OH is 1. The van der Waals surface area contributed by atoms with Crippen molar-refractivity contribution in [1.29, 1.82) is 0 Å². The lowest BCUT2D eigenvalue weighted by molar-refractivity contribution is -0.0402. The molecule has 160 valence electrons. The van der Waals surface area contributed by atoms with Gasteiger partial charge in [-0.05, 0) is 79.3 Å². The topological polar surface area (TPSA) is 39.3 Å². The van der Waals surface area contributed by atoms with Crippen molar-refractivity contribution in [2.24, 2.45) is 11.8 Å². The molecule has 3 heterocycles. The molecule has 1 aromatic heterocycles. The molecule has 3 aromatic rings. The first-order chi connectivity index (χ1) is 15.0. The Bertz CT molecular complexity index is 1170. The number of aromatic amines is 1. The maximum atomic E-state index is 11.0. The molecule has 2 aliphatic heterocycles. The Hall–Kier alpha value is -1.88. The highest BCUT2D eigenvalue weighted by Crippen LogP contribution is 2.51. The molecule has 0 spiro atoms. The van der Waals surface area contributed by atoms with Gasteiger partial charge in [-0.3, -0.25) is 4.90 Å². The number of H-pyrrole nitrogens is 1. The van der Waals surface area contributed by atoms with Gasteiger partial charge in [0.1, 0.15) is 0 Å². The van der Waals surface area contributed by atoms with E-state index < -0.39 is 0 Å². The highest BCUT2D eigenvalue weighted by atomic mass is 79.9. The summed E-state index contributed by atoms with van der Waals surface area (Å²) in [5.74, 6) is 1.19. The summed E-state index contributed by atoms with van der Waals surface area (Å²) in [4.78, 5) is 6.52. The molecular formula is C27H29BrN2O. The Labute approximate surface area is 192 Å². The number of rotatable bonds is 1. The number of hydrogen-bond acceptors (Lipinski definition) is 2. The minimum atomic E-state index is -0.321. The number of benzene rings is 2. The number of aliphatic hydroxyl groups is 1. The average Bonchev–Trinajstić information content (AvgIpc) is 3.13. The van der Waals surface area contributed by atoms with Gasteiger partial charge < -0.3 is 10.1 Å². The summed E-state index contributed by atoms with van der Waals surface area (Å²) < 4.78 is 1.14. The van der Waals surface area contributed by atoms with Gasteiger partial charge in [0, 0.05) is 34.2 Å². The highest BCUT2D eigenvalue weighted by molar-refractivity contribution is 9.10. The Kier molecular flexibility index (Phi) is 4.68. The summed E-state index contributed by atoms with van der Waals surface area (Å²) in [6.45, 7) is 4.67. The van der Waals surface area contributed by atoms with E-state index in [-0.39, 0.29) is 11.6 Å². The zero-order valence-electron chi connectivity index (χ0n) is 17.9. The molecule has 2 fully saturated rings. The van der Waals surface area contributed by atoms with Crippen LogP contribution in [-0.4, -0.2) is 34.2 Å². The Morgan fingerprint density at radius 3 is 2.84 bits per heavy atom. The van der Waals surface area contributed by atoms with Crippen LogP contribution in [0.25, 0.3) is 17.0 Å². The van der Waals surface area contributed by atoms with E-state index in [1.165, 1.54) is 33.3 Å². The average molecular weight is 477 g/mol. The van der Waals surface area contributed by atoms with Crippen LogP contribution < -0.4 is 0 Å². The number of fused-ring (bicyclic) bond motifs is 6. The van der Waals surface area contributed by atoms with Crippen LogP contribution in [0.4, 0.5) is 0 Å². The fourth-order valence-electron chi connectivity index (χ4n) is 6.53. The molecule has 4 atom stereocenters. The van der Waals surface area contributed by atoms with E-state index >= 15 is 0 Å². The van der Waals surface area contributed by atoms with E-state index in [4.69, 9.17) is 0 Å². The summed E-state index contributed by atoms with van der Waals surface area (Å²) in [5.41, 5.74) is 6.59. The second-order valence-electron chi connectivity index (χ2n) is 9.95. The molecule has 1 aliphatic carbocycles. The van der Waals surface area contributed by atoms with Crippen molar-refractivity contribution in [2.75, 3.05) is 13.1 Å². The second kappa shape index (κ2) is 7.33. The summed E-state index contributed by atoms with van der Waals surface area (Å²) in [6, 6.07) is 17.0. The minimum absolute atomic E-state index is 0.0284. The van der Waals surface area contributed by atoms with Gasteiger partial charge in [-0.15, -0.1) is 0 Å². The number of nitrogens with zero attached hydrogens (tertiary/aromatic N) is 1. The van der Waals surface area contributed by atoms with Gasteiger partial charge in [-0.2, -0.15) is 0 Å². The molecule has 2 N–H and O–H groups in total. The zero-order chi connectivity index (χ0) is 21.2. The van der Waals surface area contributed by atoms with Crippen molar-refractivity contribution in [2.45, 2.75) is 44.2 Å². The fraction of sp³-hybridized carbons (Fsp3) is 0.407. The van der Waals surface area contributed by atoms with Crippen molar-refractivity contribution in [3.63, 3.8) is 0 Å². The summed E-state index contributed by atoms with van der Waals surface area (Å²) in [7, 11) is 0. The smallest absolute Gasteiger partial charge is 0.0756 e. The van der Waals surface area contributed by atoms with Crippen molar-refractivity contribution in [3.05, 3.63) is 75.4 Å². The standard InChI is InChI=1S/C27H29BrN2O/c1-27-15-19-13-25(31)18(11-17-5-3-2-4-6-17)12-20(19)16-30(27)10-9-22-23-14-21(28)7-8-24(23)29-26(22)27/h2-8,11,14,19-20,25,29,31H,9-10,12-13,15-16H2,1H3/b18-11+/t19-,20-,25-,27-/m1/s1. The zero-order valence-corrected chi connectivity index (χ0v) is 19.5. The van der Waals surface area contributed by atoms with Gasteiger partial charge >= 0.3 is 0 Å². The maximum Gasteiger partial charge on any atom is 0.0756 e. The van der Waals surface area contributed by atoms with E-state index in [0.717, 1.165) is 43.2 Å². The van der Waals surface area contributed by atoms with Gasteiger partial charge in [-0.25, -0.2) is 0 Å². The minimum Gasteiger partial charge on any atom is -0.389 e. The summed E-state index contributed by atoms with van der Waals surface area (Å²) >= 11 is 3.65. The Morgan fingerprint density at radius 2 is 2.00 bits per heavy atom. The lowest BCUT2D eigenvalue weighted by atomic mass is 9.64. The molecule has 0 bridgehead atoms. The molecule has 0 amide bonds. The predicted octanol–water partition coefficient (Wildman–Crippen LogP) is 5.88. The van der Waals surface area contributed by atoms with Crippen molar-refractivity contribution < 1.29 is 5.11 Å². The van der Waals surface area contributed by atoms with Gasteiger partial charge in [0.2, 0.25) is 0 Å². The monoisotopic (exact) mass is 476 g/mol. The van der Waals surface area contributed by atoms with E-state index in [2.05, 4.69) is 81.3 Å². The van der Waals surface area contributed by atoms with Crippen LogP contribution in [0.2, 0.25) is 0 Å². The van der Waals surface area contributed by atoms with Crippen LogP contribution in [0, 0.1) is 11.8 Å². The number of piperidine rings is 1. The van der Waals surface area contributed by atoms with Gasteiger partial charge in [0.25, 0.3) is 0 Å². The molecule has 31 heavy (non-hydrogen) atoms. The van der Waals surface area contributed by atoms with Gasteiger partial charge in [0.05, 0.1) is 11.6 Å². The van der Waals surface area contributed by atoms with Crippen molar-refractivity contribution in [1.82, 2.24) is 9.88 Å². The SMILES string of the molecule is C[C@]12C[C@H]3C[C@@H](O)/C(=C/c4ccccc4)C[C@@H]3CN1CCc1c2[nH]c2ccc(Br)cc12. The second-order valence-corrected chi connectivity index (χ2v) is 10.9. The summed E-state index contributed by atoms with van der Waals surface area (Å²) in [5, 5.41) is 12.4. The molecule has 4 heteroatoms. The van der Waals surface area contributed by atoms with Crippen molar-refractivity contribution in [3.8, 4) is 0 Å². The van der Waals surface area contributed by atoms with E-state index in [1.807, 2.05) is 6.07 Å². The van der Waals surface area contributed by atoms with Crippen LogP contribution in [0.5, 0.6) is 0 Å². The molecule has 3 aliphatic rings. The van der Waals surface area contributed by atoms with E-state index in [1.54, 1.807) is 0 Å². The predicted molar refractivity (Wildman–Crippen MR) is 130 cm³/mol. The highest BCUT2D eigenvalue weighted by Gasteiger charge is 2.49. The van der Waals surface area contributed by atoms with Crippen LogP contribution in [-0.2, 0) is 12.0 Å². The number of hydrogen-bond donors (Lipinski definition) is 2. The third-order valence-corrected chi connectivity index (χ3v) is 8.61. The molecule has 3 nitrogen and oxygen atoms in total. The third-order valence-electron chi connectivity index (χ3n) is 8.12. The van der Waals surface area contributed by atoms with E-state index in [0.29, 0.717) is 11.8 Å². The first-order valence-corrected chi connectivity index (χ1v) is 12.3. The van der Waals surface area contributed by atoms with Crippen LogP contribution >= 0.6 is 15.9 Å². The van der Waals surface area contributed by atoms with Gasteiger partial charge in [-0.1, -0.05) is 52.3 Å². The Balaban J connectivity index is 1.32. The quantitative estimate of drug-likeness (QED) is 0.460. The third kappa shape index (κ3) is 3.23. The number of nitrogens with one attached hydrogen (secondary N) is 1. The molecule has 0 radical (unpaired) electrons. The largest absolute Gasteiger partial charge is 0.389 e. The lowest BCUT2D eigenvalue weighted by Gasteiger charge is -2.55. The lowest BCUT2D eigenvalue weighted by Crippen LogP contribution is -2.57. The molecule has 1 saturated heterocycles. The van der Waals surface area contributed by atoms with Crippen molar-refractivity contribution >= 4 is 32.9 Å². The maximum absolute atomic E-state index is 11.0. The number of aromatic nitrogens is 1. The summed E-state index contributed by atoms with van der Waals surface area (Å²) in [6.07, 6.45) is 6.02. The first-order valence-electron chi connectivity index (χ1n) is 11.5.